The van der Waals surface area contributed by atoms with Crippen LogP contribution in [0.1, 0.15) is 5.56 Å². The van der Waals surface area contributed by atoms with Gasteiger partial charge in [0.05, 0.1) is 24.0 Å². The first-order chi connectivity index (χ1) is 9.97. The SMILES string of the molecule is COc1ccc(N)c(NS(=O)(=O)c2ccccc2C#N)c1. The highest BCUT2D eigenvalue weighted by molar-refractivity contribution is 7.92. The van der Waals surface area contributed by atoms with E-state index < -0.39 is 10.0 Å². The first-order valence-corrected chi connectivity index (χ1v) is 7.41. The molecule has 2 aromatic rings. The Bertz CT molecular complexity index is 810. The summed E-state index contributed by atoms with van der Waals surface area (Å²) in [7, 11) is -2.44. The number of nitrogen functional groups attached to an aromatic ring is 1. The molecule has 0 aliphatic heterocycles. The average Bonchev–Trinajstić information content (AvgIpc) is 2.49. The Hall–Kier alpha value is -2.72. The van der Waals surface area contributed by atoms with Gasteiger partial charge in [0.25, 0.3) is 10.0 Å². The van der Waals surface area contributed by atoms with Crippen molar-refractivity contribution >= 4 is 21.4 Å². The number of hydrogen-bond acceptors (Lipinski definition) is 5. The molecule has 21 heavy (non-hydrogen) atoms. The zero-order valence-corrected chi connectivity index (χ0v) is 12.0. The van der Waals surface area contributed by atoms with E-state index in [2.05, 4.69) is 4.72 Å². The topological polar surface area (TPSA) is 105 Å². The van der Waals surface area contributed by atoms with Crippen LogP contribution in [-0.4, -0.2) is 15.5 Å². The molecule has 0 heterocycles. The van der Waals surface area contributed by atoms with Crippen LogP contribution in [0.4, 0.5) is 11.4 Å². The van der Waals surface area contributed by atoms with E-state index in [0.29, 0.717) is 5.75 Å². The van der Waals surface area contributed by atoms with Crippen molar-refractivity contribution < 1.29 is 13.2 Å². The summed E-state index contributed by atoms with van der Waals surface area (Å²) in [6.45, 7) is 0. The highest BCUT2D eigenvalue weighted by atomic mass is 32.2. The number of ether oxygens (including phenoxy) is 1. The summed E-state index contributed by atoms with van der Waals surface area (Å²) in [6.07, 6.45) is 0. The first kappa shape index (κ1) is 14.7. The molecule has 0 saturated carbocycles. The molecule has 0 aromatic heterocycles. The minimum absolute atomic E-state index is 0.0615. The number of nitrogens with two attached hydrogens (primary N) is 1. The molecular formula is C14H13N3O3S. The van der Waals surface area contributed by atoms with E-state index in [-0.39, 0.29) is 21.8 Å². The molecule has 3 N–H and O–H groups in total. The molecule has 0 aliphatic rings. The molecule has 0 bridgehead atoms. The molecule has 108 valence electrons. The van der Waals surface area contributed by atoms with E-state index in [9.17, 15) is 8.42 Å². The molecule has 2 rings (SSSR count). The number of rotatable bonds is 4. The van der Waals surface area contributed by atoms with Crippen LogP contribution < -0.4 is 15.2 Å². The number of nitrogens with zero attached hydrogens (tertiary/aromatic N) is 1. The summed E-state index contributed by atoms with van der Waals surface area (Å²) in [5, 5.41) is 9.00. The van der Waals surface area contributed by atoms with Crippen molar-refractivity contribution in [3.63, 3.8) is 0 Å². The van der Waals surface area contributed by atoms with E-state index in [4.69, 9.17) is 15.7 Å². The molecule has 0 spiro atoms. The number of nitriles is 1. The first-order valence-electron chi connectivity index (χ1n) is 5.93. The van der Waals surface area contributed by atoms with Crippen LogP contribution in [-0.2, 0) is 10.0 Å². The molecule has 0 amide bonds. The van der Waals surface area contributed by atoms with Gasteiger partial charge in [-0.25, -0.2) is 8.42 Å². The lowest BCUT2D eigenvalue weighted by Crippen LogP contribution is -2.15. The Morgan fingerprint density at radius 3 is 2.62 bits per heavy atom. The lowest BCUT2D eigenvalue weighted by molar-refractivity contribution is 0.415. The maximum absolute atomic E-state index is 12.4. The molecule has 0 fully saturated rings. The van der Waals surface area contributed by atoms with Gasteiger partial charge in [-0.15, -0.1) is 0 Å². The van der Waals surface area contributed by atoms with Crippen molar-refractivity contribution in [2.24, 2.45) is 0 Å². The van der Waals surface area contributed by atoms with Crippen LogP contribution in [0, 0.1) is 11.3 Å². The molecule has 0 unspecified atom stereocenters. The van der Waals surface area contributed by atoms with Gasteiger partial charge < -0.3 is 10.5 Å². The van der Waals surface area contributed by atoms with Gasteiger partial charge in [-0.05, 0) is 24.3 Å². The minimum Gasteiger partial charge on any atom is -0.497 e. The van der Waals surface area contributed by atoms with Crippen LogP contribution in [0.2, 0.25) is 0 Å². The Morgan fingerprint density at radius 1 is 1.24 bits per heavy atom. The predicted molar refractivity (Wildman–Crippen MR) is 79.4 cm³/mol. The standard InChI is InChI=1S/C14H13N3O3S/c1-20-11-6-7-12(16)13(8-11)17-21(18,19)14-5-3-2-4-10(14)9-15/h2-8,17H,16H2,1H3. The van der Waals surface area contributed by atoms with E-state index in [1.165, 1.54) is 31.4 Å². The fourth-order valence-electron chi connectivity index (χ4n) is 1.74. The van der Waals surface area contributed by atoms with Gasteiger partial charge in [0.1, 0.15) is 16.7 Å². The zero-order chi connectivity index (χ0) is 15.5. The Balaban J connectivity index is 2.45. The van der Waals surface area contributed by atoms with E-state index in [0.717, 1.165) is 0 Å². The van der Waals surface area contributed by atoms with Gasteiger partial charge in [0.2, 0.25) is 0 Å². The highest BCUT2D eigenvalue weighted by Gasteiger charge is 2.19. The molecule has 0 saturated heterocycles. The van der Waals surface area contributed by atoms with Gasteiger partial charge in [-0.1, -0.05) is 12.1 Å². The third kappa shape index (κ3) is 3.07. The molecular weight excluding hydrogens is 290 g/mol. The Morgan fingerprint density at radius 2 is 1.95 bits per heavy atom. The van der Waals surface area contributed by atoms with Crippen LogP contribution in [0.25, 0.3) is 0 Å². The van der Waals surface area contributed by atoms with Gasteiger partial charge in [0.15, 0.2) is 0 Å². The predicted octanol–water partition coefficient (Wildman–Crippen LogP) is 1.95. The summed E-state index contributed by atoms with van der Waals surface area (Å²) in [5.74, 6) is 0.468. The lowest BCUT2D eigenvalue weighted by atomic mass is 10.2. The quantitative estimate of drug-likeness (QED) is 0.840. The molecule has 6 nitrogen and oxygen atoms in total. The summed E-state index contributed by atoms with van der Waals surface area (Å²) < 4.78 is 32.1. The van der Waals surface area contributed by atoms with E-state index in [1.54, 1.807) is 18.2 Å². The molecule has 2 aromatic carbocycles. The monoisotopic (exact) mass is 303 g/mol. The van der Waals surface area contributed by atoms with Crippen molar-refractivity contribution in [3.05, 3.63) is 48.0 Å². The van der Waals surface area contributed by atoms with E-state index in [1.807, 2.05) is 6.07 Å². The normalized spacial score (nSPS) is 10.7. The summed E-state index contributed by atoms with van der Waals surface area (Å²) in [4.78, 5) is -0.102. The smallest absolute Gasteiger partial charge is 0.263 e. The minimum atomic E-state index is -3.91. The van der Waals surface area contributed by atoms with Crippen LogP contribution in [0.5, 0.6) is 5.75 Å². The third-order valence-electron chi connectivity index (χ3n) is 2.80. The van der Waals surface area contributed by atoms with Crippen molar-refractivity contribution in [3.8, 4) is 11.8 Å². The van der Waals surface area contributed by atoms with Gasteiger partial charge in [-0.2, -0.15) is 5.26 Å². The van der Waals surface area contributed by atoms with E-state index >= 15 is 0 Å². The number of benzene rings is 2. The Kier molecular flexibility index (Phi) is 4.00. The van der Waals surface area contributed by atoms with Crippen molar-refractivity contribution in [2.45, 2.75) is 4.90 Å². The Labute approximate surface area is 122 Å². The maximum Gasteiger partial charge on any atom is 0.263 e. The van der Waals surface area contributed by atoms with Crippen LogP contribution in [0.3, 0.4) is 0 Å². The van der Waals surface area contributed by atoms with Crippen LogP contribution in [0.15, 0.2) is 47.4 Å². The number of methoxy groups -OCH3 is 1. The van der Waals surface area contributed by atoms with Crippen LogP contribution >= 0.6 is 0 Å². The third-order valence-corrected chi connectivity index (χ3v) is 4.23. The summed E-state index contributed by atoms with van der Waals surface area (Å²) >= 11 is 0. The largest absolute Gasteiger partial charge is 0.497 e. The second kappa shape index (κ2) is 5.73. The molecule has 0 atom stereocenters. The molecule has 7 heteroatoms. The van der Waals surface area contributed by atoms with Crippen molar-refractivity contribution in [1.29, 1.82) is 5.26 Å². The summed E-state index contributed by atoms with van der Waals surface area (Å²) in [5.41, 5.74) is 6.27. The molecule has 0 aliphatic carbocycles. The number of sulfonamides is 1. The lowest BCUT2D eigenvalue weighted by Gasteiger charge is -2.12. The molecule has 0 radical (unpaired) electrons. The maximum atomic E-state index is 12.4. The van der Waals surface area contributed by atoms with Gasteiger partial charge in [0, 0.05) is 6.07 Å². The fourth-order valence-corrected chi connectivity index (χ4v) is 2.98. The van der Waals surface area contributed by atoms with Gasteiger partial charge >= 0.3 is 0 Å². The second-order valence-corrected chi connectivity index (χ2v) is 5.82. The number of anilines is 2. The van der Waals surface area contributed by atoms with Crippen molar-refractivity contribution in [2.75, 3.05) is 17.6 Å². The highest BCUT2D eigenvalue weighted by Crippen LogP contribution is 2.27. The zero-order valence-electron chi connectivity index (χ0n) is 11.2. The summed E-state index contributed by atoms with van der Waals surface area (Å²) in [6, 6.07) is 12.4. The average molecular weight is 303 g/mol. The van der Waals surface area contributed by atoms with Gasteiger partial charge in [-0.3, -0.25) is 4.72 Å². The fraction of sp³-hybridized carbons (Fsp3) is 0.0714. The number of hydrogen-bond donors (Lipinski definition) is 2. The van der Waals surface area contributed by atoms with Crippen molar-refractivity contribution in [1.82, 2.24) is 0 Å². The number of nitrogens with one attached hydrogen (secondary N) is 1. The second-order valence-electron chi connectivity index (χ2n) is 4.17.